The van der Waals surface area contributed by atoms with Crippen molar-refractivity contribution >= 4 is 11.9 Å². The first-order chi connectivity index (χ1) is 17.0. The van der Waals surface area contributed by atoms with Gasteiger partial charge < -0.3 is 21.5 Å². The van der Waals surface area contributed by atoms with Crippen molar-refractivity contribution < 1.29 is 9.90 Å². The third-order valence-electron chi connectivity index (χ3n) is 6.11. The molecule has 0 aliphatic carbocycles. The van der Waals surface area contributed by atoms with E-state index in [9.17, 15) is 9.90 Å². The fourth-order valence-corrected chi connectivity index (χ4v) is 4.17. The Hall–Kier alpha value is -3.80. The van der Waals surface area contributed by atoms with Gasteiger partial charge in [-0.15, -0.1) is 0 Å². The van der Waals surface area contributed by atoms with Gasteiger partial charge in [0, 0.05) is 32.0 Å². The molecule has 0 aromatic heterocycles. The predicted octanol–water partition coefficient (Wildman–Crippen LogP) is 4.43. The van der Waals surface area contributed by atoms with Crippen LogP contribution in [0.5, 0.6) is 5.75 Å². The lowest BCUT2D eigenvalue weighted by Crippen LogP contribution is -2.36. The number of hydrogen-bond donors (Lipinski definition) is 3. The molecule has 0 radical (unpaired) electrons. The molecule has 0 saturated heterocycles. The van der Waals surface area contributed by atoms with E-state index >= 15 is 0 Å². The molecule has 1 amide bonds. The van der Waals surface area contributed by atoms with Crippen LogP contribution in [0.1, 0.15) is 48.3 Å². The fourth-order valence-electron chi connectivity index (χ4n) is 4.17. The molecule has 35 heavy (non-hydrogen) atoms. The summed E-state index contributed by atoms with van der Waals surface area (Å²) in [5.74, 6) is 0.593. The van der Waals surface area contributed by atoms with Crippen LogP contribution in [0.4, 0.5) is 0 Å². The van der Waals surface area contributed by atoms with Gasteiger partial charge in [0.25, 0.3) is 0 Å². The van der Waals surface area contributed by atoms with Gasteiger partial charge in [-0.1, -0.05) is 79.2 Å². The predicted molar refractivity (Wildman–Crippen MR) is 142 cm³/mol. The van der Waals surface area contributed by atoms with Crippen LogP contribution in [0.25, 0.3) is 0 Å². The summed E-state index contributed by atoms with van der Waals surface area (Å²) in [6, 6.07) is 27.9. The van der Waals surface area contributed by atoms with Gasteiger partial charge in [0.1, 0.15) is 5.75 Å². The monoisotopic (exact) mass is 472 g/mol. The van der Waals surface area contributed by atoms with Gasteiger partial charge in [-0.25, -0.2) is 0 Å². The highest BCUT2D eigenvalue weighted by molar-refractivity contribution is 5.76. The number of hydrogen-bond acceptors (Lipinski definition) is 3. The highest BCUT2D eigenvalue weighted by Gasteiger charge is 2.21. The SMILES string of the molecule is NC(N)=NCCCCCC(=O)N(CCc1ccc(O)cc1)CC(c1ccccc1)c1ccccc1. The third kappa shape index (κ3) is 8.81. The Bertz CT molecular complexity index is 1010. The Kier molecular flexibility index (Phi) is 10.2. The zero-order valence-electron chi connectivity index (χ0n) is 20.2. The molecule has 0 saturated carbocycles. The number of amides is 1. The Labute approximate surface area is 208 Å². The lowest BCUT2D eigenvalue weighted by atomic mass is 9.90. The lowest BCUT2D eigenvalue weighted by Gasteiger charge is -2.29. The minimum Gasteiger partial charge on any atom is -0.508 e. The van der Waals surface area contributed by atoms with Gasteiger partial charge in [0.2, 0.25) is 5.91 Å². The van der Waals surface area contributed by atoms with E-state index in [-0.39, 0.29) is 23.5 Å². The quantitative estimate of drug-likeness (QED) is 0.194. The summed E-state index contributed by atoms with van der Waals surface area (Å²) >= 11 is 0. The average molecular weight is 473 g/mol. The third-order valence-corrected chi connectivity index (χ3v) is 6.11. The molecule has 0 spiro atoms. The van der Waals surface area contributed by atoms with Crippen molar-refractivity contribution in [2.24, 2.45) is 16.5 Å². The maximum atomic E-state index is 13.4. The van der Waals surface area contributed by atoms with Crippen molar-refractivity contribution in [2.45, 2.75) is 38.0 Å². The number of unbranched alkanes of at least 4 members (excludes halogenated alkanes) is 2. The molecule has 6 nitrogen and oxygen atoms in total. The molecule has 0 unspecified atom stereocenters. The molecular formula is C29H36N4O2. The van der Waals surface area contributed by atoms with Crippen LogP contribution in [0, 0.1) is 0 Å². The van der Waals surface area contributed by atoms with E-state index in [0.717, 1.165) is 31.2 Å². The summed E-state index contributed by atoms with van der Waals surface area (Å²) < 4.78 is 0. The molecule has 0 aliphatic rings. The number of benzene rings is 3. The number of phenolic OH excluding ortho intramolecular Hbond substituents is 1. The van der Waals surface area contributed by atoms with Gasteiger partial charge in [0.05, 0.1) is 0 Å². The largest absolute Gasteiger partial charge is 0.508 e. The molecule has 3 rings (SSSR count). The summed E-state index contributed by atoms with van der Waals surface area (Å²) in [5.41, 5.74) is 14.2. The number of guanidine groups is 1. The van der Waals surface area contributed by atoms with Gasteiger partial charge in [0.15, 0.2) is 5.96 Å². The molecule has 0 bridgehead atoms. The summed E-state index contributed by atoms with van der Waals surface area (Å²) in [7, 11) is 0. The first-order valence-electron chi connectivity index (χ1n) is 12.2. The Morgan fingerprint density at radius 2 is 1.43 bits per heavy atom. The zero-order valence-corrected chi connectivity index (χ0v) is 20.2. The fraction of sp³-hybridized carbons (Fsp3) is 0.310. The highest BCUT2D eigenvalue weighted by Crippen LogP contribution is 2.26. The minimum absolute atomic E-state index is 0.0861. The van der Waals surface area contributed by atoms with Crippen LogP contribution in [-0.2, 0) is 11.2 Å². The van der Waals surface area contributed by atoms with Crippen LogP contribution in [0.15, 0.2) is 89.9 Å². The van der Waals surface area contributed by atoms with E-state index in [1.165, 1.54) is 11.1 Å². The normalized spacial score (nSPS) is 10.8. The molecule has 0 atom stereocenters. The van der Waals surface area contributed by atoms with Crippen molar-refractivity contribution in [3.05, 3.63) is 102 Å². The van der Waals surface area contributed by atoms with Crippen molar-refractivity contribution in [3.8, 4) is 5.75 Å². The Morgan fingerprint density at radius 1 is 0.829 bits per heavy atom. The van der Waals surface area contributed by atoms with E-state index in [4.69, 9.17) is 11.5 Å². The van der Waals surface area contributed by atoms with Crippen LogP contribution >= 0.6 is 0 Å². The zero-order chi connectivity index (χ0) is 24.9. The molecule has 0 aliphatic heterocycles. The minimum atomic E-state index is 0.0861. The van der Waals surface area contributed by atoms with Crippen LogP contribution in [0.3, 0.4) is 0 Å². The molecule has 5 N–H and O–H groups in total. The maximum absolute atomic E-state index is 13.4. The lowest BCUT2D eigenvalue weighted by molar-refractivity contribution is -0.131. The van der Waals surface area contributed by atoms with Gasteiger partial charge in [-0.05, 0) is 48.1 Å². The standard InChI is InChI=1S/C29H36N4O2/c30-29(31)32-20-9-3-8-14-28(35)33(21-19-23-15-17-26(34)18-16-23)22-27(24-10-4-1-5-11-24)25-12-6-2-7-13-25/h1-2,4-7,10-13,15-18,27,34H,3,8-9,14,19-22H2,(H4,30,31,32). The second kappa shape index (κ2) is 13.8. The van der Waals surface area contributed by atoms with E-state index in [0.29, 0.717) is 26.1 Å². The first kappa shape index (κ1) is 25.8. The summed E-state index contributed by atoms with van der Waals surface area (Å²) in [4.78, 5) is 19.4. The number of nitrogens with two attached hydrogens (primary N) is 2. The number of aromatic hydroxyl groups is 1. The molecular weight excluding hydrogens is 436 g/mol. The van der Waals surface area contributed by atoms with Crippen LogP contribution in [-0.4, -0.2) is 41.5 Å². The van der Waals surface area contributed by atoms with E-state index in [2.05, 4.69) is 29.3 Å². The molecule has 3 aromatic carbocycles. The van der Waals surface area contributed by atoms with Crippen molar-refractivity contribution in [1.29, 1.82) is 0 Å². The molecule has 0 heterocycles. The summed E-state index contributed by atoms with van der Waals surface area (Å²) in [6.07, 6.45) is 3.78. The summed E-state index contributed by atoms with van der Waals surface area (Å²) in [6.45, 7) is 1.82. The van der Waals surface area contributed by atoms with Crippen LogP contribution in [0.2, 0.25) is 0 Å². The van der Waals surface area contributed by atoms with Gasteiger partial charge >= 0.3 is 0 Å². The van der Waals surface area contributed by atoms with Crippen molar-refractivity contribution in [1.82, 2.24) is 4.90 Å². The number of aliphatic imine (C=N–C) groups is 1. The molecule has 6 heteroatoms. The molecule has 3 aromatic rings. The number of carbonyl (C=O) groups is 1. The number of nitrogens with zero attached hydrogens (tertiary/aromatic N) is 2. The molecule has 184 valence electrons. The van der Waals surface area contributed by atoms with E-state index < -0.39 is 0 Å². The van der Waals surface area contributed by atoms with Crippen molar-refractivity contribution in [2.75, 3.05) is 19.6 Å². The Balaban J connectivity index is 1.72. The van der Waals surface area contributed by atoms with Crippen molar-refractivity contribution in [3.63, 3.8) is 0 Å². The smallest absolute Gasteiger partial charge is 0.222 e. The summed E-state index contributed by atoms with van der Waals surface area (Å²) in [5, 5.41) is 9.60. The first-order valence-corrected chi connectivity index (χ1v) is 12.2. The second-order valence-corrected chi connectivity index (χ2v) is 8.75. The van der Waals surface area contributed by atoms with Crippen LogP contribution < -0.4 is 11.5 Å². The average Bonchev–Trinajstić information content (AvgIpc) is 2.88. The Morgan fingerprint density at radius 3 is 2.00 bits per heavy atom. The van der Waals surface area contributed by atoms with E-state index in [1.54, 1.807) is 12.1 Å². The number of phenols is 1. The topological polar surface area (TPSA) is 105 Å². The van der Waals surface area contributed by atoms with Gasteiger partial charge in [-0.2, -0.15) is 0 Å². The maximum Gasteiger partial charge on any atom is 0.222 e. The van der Waals surface area contributed by atoms with Gasteiger partial charge in [-0.3, -0.25) is 9.79 Å². The van der Waals surface area contributed by atoms with E-state index in [1.807, 2.05) is 53.4 Å². The number of rotatable bonds is 13. The number of carbonyl (C=O) groups excluding carboxylic acids is 1. The molecule has 0 fully saturated rings. The highest BCUT2D eigenvalue weighted by atomic mass is 16.3. The second-order valence-electron chi connectivity index (χ2n) is 8.75.